The van der Waals surface area contributed by atoms with Gasteiger partial charge in [0.2, 0.25) is 0 Å². The summed E-state index contributed by atoms with van der Waals surface area (Å²) in [5, 5.41) is 3.38. The van der Waals surface area contributed by atoms with Crippen molar-refractivity contribution in [1.29, 1.82) is 0 Å². The molecule has 0 saturated carbocycles. The number of rotatable bonds is 6. The first-order chi connectivity index (χ1) is 23.4. The highest BCUT2D eigenvalue weighted by Crippen LogP contribution is 2.35. The molecule has 0 spiro atoms. The maximum Gasteiger partial charge on any atom is 0.425 e. The van der Waals surface area contributed by atoms with Crippen LogP contribution in [-0.4, -0.2) is 51.0 Å². The van der Waals surface area contributed by atoms with Crippen molar-refractivity contribution in [3.05, 3.63) is 93.5 Å². The smallest absolute Gasteiger partial charge is 0.425 e. The molecule has 3 aromatic carbocycles. The number of sulfone groups is 1. The molecule has 1 amide bonds. The molecule has 4 aliphatic heterocycles. The van der Waals surface area contributed by atoms with Gasteiger partial charge in [-0.3, -0.25) is 4.79 Å². The summed E-state index contributed by atoms with van der Waals surface area (Å²) in [5.41, 5.74) is 6.97. The van der Waals surface area contributed by atoms with Gasteiger partial charge in [0, 0.05) is 45.6 Å². The molecule has 0 radical (unpaired) electrons. The first-order valence-corrected chi connectivity index (χ1v) is 18.8. The van der Waals surface area contributed by atoms with Crippen LogP contribution in [0.4, 0.5) is 13.2 Å². The van der Waals surface area contributed by atoms with Gasteiger partial charge in [0.05, 0.1) is 22.7 Å². The molecule has 0 bridgehead atoms. The number of hydrogen-bond acceptors (Lipinski definition) is 7. The zero-order chi connectivity index (χ0) is 34.8. The number of fused-ring (bicyclic) bond motifs is 2. The number of ether oxygens (including phenoxy) is 3. The molecule has 7 rings (SSSR count). The average Bonchev–Trinajstić information content (AvgIpc) is 3.75. The zero-order valence-electron chi connectivity index (χ0n) is 27.9. The van der Waals surface area contributed by atoms with E-state index < -0.39 is 28.0 Å². The number of carbonyl (C=O) groups excluding carboxylic acids is 1. The van der Waals surface area contributed by atoms with Crippen LogP contribution in [0.2, 0.25) is 0 Å². The van der Waals surface area contributed by atoms with Gasteiger partial charge in [0.15, 0.2) is 15.9 Å². The van der Waals surface area contributed by atoms with Gasteiger partial charge >= 0.3 is 6.18 Å². The van der Waals surface area contributed by atoms with Gasteiger partial charge in [0.25, 0.3) is 5.91 Å². The molecule has 49 heavy (non-hydrogen) atoms. The molecule has 3 aromatic rings. The Balaban J connectivity index is 0.000000229. The van der Waals surface area contributed by atoms with E-state index in [1.807, 2.05) is 18.2 Å². The molecule has 2 fully saturated rings. The van der Waals surface area contributed by atoms with E-state index in [0.29, 0.717) is 12.7 Å². The van der Waals surface area contributed by atoms with Crippen molar-refractivity contribution < 1.29 is 40.6 Å². The Labute approximate surface area is 285 Å². The molecular weight excluding hydrogens is 657 g/mol. The fourth-order valence-electron chi connectivity index (χ4n) is 6.72. The van der Waals surface area contributed by atoms with E-state index in [0.717, 1.165) is 87.0 Å². The van der Waals surface area contributed by atoms with E-state index in [9.17, 15) is 26.4 Å². The van der Waals surface area contributed by atoms with Crippen LogP contribution in [0.1, 0.15) is 101 Å². The van der Waals surface area contributed by atoms with Crippen molar-refractivity contribution in [1.82, 2.24) is 10.2 Å². The van der Waals surface area contributed by atoms with Gasteiger partial charge in [0.1, 0.15) is 5.75 Å². The molecule has 4 aliphatic rings. The zero-order valence-corrected chi connectivity index (χ0v) is 28.7. The first kappa shape index (κ1) is 35.4. The Morgan fingerprint density at radius 3 is 2.02 bits per heavy atom. The van der Waals surface area contributed by atoms with Crippen molar-refractivity contribution in [3.63, 3.8) is 0 Å². The second-order valence-electron chi connectivity index (χ2n) is 13.3. The first-order valence-electron chi connectivity index (χ1n) is 16.9. The molecule has 0 aromatic heterocycles. The van der Waals surface area contributed by atoms with Gasteiger partial charge in [-0.25, -0.2) is 8.42 Å². The van der Waals surface area contributed by atoms with Crippen LogP contribution < -0.4 is 10.1 Å². The van der Waals surface area contributed by atoms with Crippen LogP contribution in [0.25, 0.3) is 0 Å². The Kier molecular flexibility index (Phi) is 10.7. The number of benzene rings is 3. The number of halogens is 3. The summed E-state index contributed by atoms with van der Waals surface area (Å²) in [6.45, 7) is 5.04. The van der Waals surface area contributed by atoms with Gasteiger partial charge in [-0.1, -0.05) is 36.4 Å². The van der Waals surface area contributed by atoms with Crippen LogP contribution in [0.15, 0.2) is 59.5 Å². The van der Waals surface area contributed by atoms with Crippen molar-refractivity contribution in [2.24, 2.45) is 0 Å². The summed E-state index contributed by atoms with van der Waals surface area (Å²) in [7, 11) is -3.69. The molecule has 2 saturated heterocycles. The van der Waals surface area contributed by atoms with E-state index in [2.05, 4.69) is 23.5 Å². The van der Waals surface area contributed by atoms with Gasteiger partial charge in [-0.2, -0.15) is 13.2 Å². The summed E-state index contributed by atoms with van der Waals surface area (Å²) in [6.07, 6.45) is 1.29. The van der Waals surface area contributed by atoms with Crippen LogP contribution in [0, 0.1) is 0 Å². The highest BCUT2D eigenvalue weighted by molar-refractivity contribution is 7.90. The quantitative estimate of drug-likeness (QED) is 0.288. The standard InChI is InChI=1S/C24H26F3NO5S.C13H17NO/c1-15(24(25,26)27)33-22-9-8-19(34(2,30)31)12-20(22)23(29)28-13-17-7-6-16(11-18(17)14-28)21-5-3-4-10-32-21;1-2-6-15-13(3-1)10-4-5-11-8-14-9-12(11)7-10/h6-9,11-12,15,21H,3-5,10,13-14H2,1-2H3;4-5,7,13-14H,1-3,6,8-9H2/t15-,21?;/m0./s1. The minimum Gasteiger partial charge on any atom is -0.480 e. The lowest BCUT2D eigenvalue weighted by Gasteiger charge is -2.23. The van der Waals surface area contributed by atoms with Crippen molar-refractivity contribution >= 4 is 15.7 Å². The molecule has 2 unspecified atom stereocenters. The number of nitrogens with zero attached hydrogens (tertiary/aromatic N) is 1. The summed E-state index contributed by atoms with van der Waals surface area (Å²) in [6, 6.07) is 16.1. The third kappa shape index (κ3) is 8.48. The summed E-state index contributed by atoms with van der Waals surface area (Å²) >= 11 is 0. The summed E-state index contributed by atoms with van der Waals surface area (Å²) < 4.78 is 80.0. The fourth-order valence-corrected chi connectivity index (χ4v) is 7.36. The molecule has 4 heterocycles. The molecular formula is C37H43F3N2O6S. The third-order valence-electron chi connectivity index (χ3n) is 9.58. The van der Waals surface area contributed by atoms with E-state index in [1.54, 1.807) is 0 Å². The summed E-state index contributed by atoms with van der Waals surface area (Å²) in [5.74, 6) is -0.906. The fraction of sp³-hybridized carbons (Fsp3) is 0.486. The molecule has 1 N–H and O–H groups in total. The second-order valence-corrected chi connectivity index (χ2v) is 15.3. The molecule has 8 nitrogen and oxygen atoms in total. The van der Waals surface area contributed by atoms with Crippen LogP contribution in [-0.2, 0) is 45.5 Å². The lowest BCUT2D eigenvalue weighted by molar-refractivity contribution is -0.189. The normalized spacial score (nSPS) is 21.3. The molecule has 12 heteroatoms. The number of carbonyl (C=O) groups is 1. The lowest BCUT2D eigenvalue weighted by Crippen LogP contribution is -2.32. The number of amides is 1. The number of nitrogens with one attached hydrogen (secondary N) is 1. The Morgan fingerprint density at radius 2 is 1.43 bits per heavy atom. The third-order valence-corrected chi connectivity index (χ3v) is 10.7. The largest absolute Gasteiger partial charge is 0.480 e. The minimum atomic E-state index is -4.64. The summed E-state index contributed by atoms with van der Waals surface area (Å²) in [4.78, 5) is 14.7. The highest BCUT2D eigenvalue weighted by atomic mass is 32.2. The molecule has 3 atom stereocenters. The topological polar surface area (TPSA) is 94.2 Å². The number of hydrogen-bond donors (Lipinski definition) is 1. The monoisotopic (exact) mass is 700 g/mol. The van der Waals surface area contributed by atoms with Crippen molar-refractivity contribution in [3.8, 4) is 5.75 Å². The minimum absolute atomic E-state index is 0.0131. The second kappa shape index (κ2) is 14.8. The van der Waals surface area contributed by atoms with Crippen LogP contribution in [0.3, 0.4) is 0 Å². The maximum absolute atomic E-state index is 13.4. The van der Waals surface area contributed by atoms with E-state index in [1.165, 1.54) is 40.9 Å². The Bertz CT molecular complexity index is 1770. The van der Waals surface area contributed by atoms with Crippen LogP contribution in [0.5, 0.6) is 5.75 Å². The van der Waals surface area contributed by atoms with Gasteiger partial charge in [-0.05, 0) is 97.0 Å². The Hall–Kier alpha value is -3.45. The SMILES string of the molecule is C[C@H](Oc1ccc(S(C)(=O)=O)cc1C(=O)N1Cc2ccc(C3CCCCO3)cc2C1)C(F)(F)F.c1cc2c(cc1C1CCCCO1)CNC2. The van der Waals surface area contributed by atoms with E-state index >= 15 is 0 Å². The van der Waals surface area contributed by atoms with E-state index in [4.69, 9.17) is 14.2 Å². The number of alkyl halides is 3. The van der Waals surface area contributed by atoms with Gasteiger partial charge in [-0.15, -0.1) is 0 Å². The predicted octanol–water partition coefficient (Wildman–Crippen LogP) is 7.35. The van der Waals surface area contributed by atoms with Gasteiger partial charge < -0.3 is 24.4 Å². The maximum atomic E-state index is 13.4. The van der Waals surface area contributed by atoms with E-state index in [-0.39, 0.29) is 35.4 Å². The predicted molar refractivity (Wildman–Crippen MR) is 178 cm³/mol. The van der Waals surface area contributed by atoms with Crippen molar-refractivity contribution in [2.75, 3.05) is 19.5 Å². The highest BCUT2D eigenvalue weighted by Gasteiger charge is 2.39. The Morgan fingerprint density at radius 1 is 0.837 bits per heavy atom. The van der Waals surface area contributed by atoms with Crippen molar-refractivity contribution in [2.45, 2.75) is 101 Å². The molecule has 0 aliphatic carbocycles. The molecule has 264 valence electrons. The average molecular weight is 701 g/mol. The lowest BCUT2D eigenvalue weighted by atomic mass is 9.98. The van der Waals surface area contributed by atoms with Crippen LogP contribution >= 0.6 is 0 Å².